The summed E-state index contributed by atoms with van der Waals surface area (Å²) in [6, 6.07) is 11.4. The number of nitrogens with one attached hydrogen (secondary N) is 3. The van der Waals surface area contributed by atoms with Crippen molar-refractivity contribution in [2.24, 2.45) is 0 Å². The molecular weight excluding hydrogens is 478 g/mol. The number of anilines is 2. The fourth-order valence-corrected chi connectivity index (χ4v) is 5.16. The number of carbonyl (C=O) groups is 3. The molecule has 4 rings (SSSR count). The van der Waals surface area contributed by atoms with E-state index in [0.29, 0.717) is 16.9 Å². The second-order valence-corrected chi connectivity index (χ2v) is 9.95. The Balaban J connectivity index is 1.33. The lowest BCUT2D eigenvalue weighted by atomic mass is 10.1. The van der Waals surface area contributed by atoms with Crippen LogP contribution in [0.5, 0.6) is 0 Å². The molecule has 4 unspecified atom stereocenters. The fourth-order valence-electron chi connectivity index (χ4n) is 3.93. The van der Waals surface area contributed by atoms with Crippen LogP contribution in [0.2, 0.25) is 0 Å². The van der Waals surface area contributed by atoms with Crippen LogP contribution in [0.15, 0.2) is 53.4 Å². The summed E-state index contributed by atoms with van der Waals surface area (Å²) < 4.78 is 45.0. The third-order valence-corrected chi connectivity index (χ3v) is 7.10. The van der Waals surface area contributed by atoms with Gasteiger partial charge in [0.1, 0.15) is 12.2 Å². The first-order valence-electron chi connectivity index (χ1n) is 10.8. The minimum Gasteiger partial charge on any atom is -0.441 e. The zero-order valence-electron chi connectivity index (χ0n) is 19.0. The van der Waals surface area contributed by atoms with Crippen LogP contribution in [0.1, 0.15) is 24.2 Å². The van der Waals surface area contributed by atoms with E-state index in [4.69, 9.17) is 14.2 Å². The van der Waals surface area contributed by atoms with Crippen LogP contribution in [0.25, 0.3) is 0 Å². The Labute approximate surface area is 202 Å². The van der Waals surface area contributed by atoms with Gasteiger partial charge in [-0.1, -0.05) is 0 Å². The van der Waals surface area contributed by atoms with Gasteiger partial charge in [0, 0.05) is 23.9 Å². The molecule has 0 saturated carbocycles. The summed E-state index contributed by atoms with van der Waals surface area (Å²) in [5.74, 6) is -0.346. The predicted molar refractivity (Wildman–Crippen MR) is 125 cm³/mol. The smallest absolute Gasteiger partial charge is 0.412 e. The Morgan fingerprint density at radius 2 is 1.46 bits per heavy atom. The molecule has 11 nitrogen and oxygen atoms in total. The van der Waals surface area contributed by atoms with Crippen LogP contribution in [0, 0.1) is 0 Å². The van der Waals surface area contributed by atoms with Crippen LogP contribution >= 0.6 is 0 Å². The average molecular weight is 504 g/mol. The zero-order chi connectivity index (χ0) is 25.2. The number of Topliss-reactive ketones (excluding diaryl/α,β-unsaturated/α-hetero) is 1. The van der Waals surface area contributed by atoms with Crippen LogP contribution in [-0.4, -0.2) is 63.8 Å². The number of rotatable bonds is 7. The standard InChI is InChI=1S/C23H25N3O8S/c1-13(27)15-3-5-17(6-4-15)25-23(29)34-20-12-33-21-19(11-32-22(20)21)26-35(30,31)18-9-7-16(8-10-18)24-14(2)28/h3-10,19-22,26H,11-12H2,1-2H3,(H,24,28)(H,25,29). The molecule has 2 fully saturated rings. The van der Waals surface area contributed by atoms with Gasteiger partial charge in [0.15, 0.2) is 11.9 Å². The number of benzene rings is 2. The van der Waals surface area contributed by atoms with E-state index >= 15 is 0 Å². The van der Waals surface area contributed by atoms with E-state index in [1.807, 2.05) is 0 Å². The highest BCUT2D eigenvalue weighted by molar-refractivity contribution is 7.89. The predicted octanol–water partition coefficient (Wildman–Crippen LogP) is 1.91. The van der Waals surface area contributed by atoms with E-state index in [1.54, 1.807) is 24.3 Å². The van der Waals surface area contributed by atoms with Crippen molar-refractivity contribution >= 4 is 39.2 Å². The maximum Gasteiger partial charge on any atom is 0.412 e. The summed E-state index contributed by atoms with van der Waals surface area (Å²) in [6.45, 7) is 2.91. The summed E-state index contributed by atoms with van der Waals surface area (Å²) in [4.78, 5) is 34.8. The van der Waals surface area contributed by atoms with Crippen LogP contribution in [0.4, 0.5) is 16.2 Å². The molecule has 186 valence electrons. The number of hydrogen-bond acceptors (Lipinski definition) is 8. The number of sulfonamides is 1. The van der Waals surface area contributed by atoms with Gasteiger partial charge in [-0.15, -0.1) is 0 Å². The normalized spacial score (nSPS) is 23.4. The molecule has 35 heavy (non-hydrogen) atoms. The number of carbonyl (C=O) groups excluding carboxylic acids is 3. The Kier molecular flexibility index (Phi) is 7.17. The minimum atomic E-state index is -3.89. The van der Waals surface area contributed by atoms with Crippen molar-refractivity contribution in [2.75, 3.05) is 23.8 Å². The van der Waals surface area contributed by atoms with Gasteiger partial charge in [-0.25, -0.2) is 17.9 Å². The van der Waals surface area contributed by atoms with Crippen molar-refractivity contribution in [1.29, 1.82) is 0 Å². The lowest BCUT2D eigenvalue weighted by molar-refractivity contribution is -0.114. The van der Waals surface area contributed by atoms with Gasteiger partial charge < -0.3 is 19.5 Å². The van der Waals surface area contributed by atoms with Crippen molar-refractivity contribution in [3.05, 3.63) is 54.1 Å². The minimum absolute atomic E-state index is 0.0241. The molecule has 12 heteroatoms. The van der Waals surface area contributed by atoms with Gasteiger partial charge in [-0.2, -0.15) is 0 Å². The Hall–Kier alpha value is -3.32. The second kappa shape index (κ2) is 10.1. The number of amides is 2. The van der Waals surface area contributed by atoms with E-state index < -0.39 is 40.5 Å². The Morgan fingerprint density at radius 1 is 0.857 bits per heavy atom. The molecule has 0 spiro atoms. The van der Waals surface area contributed by atoms with Crippen LogP contribution in [0.3, 0.4) is 0 Å². The molecule has 2 aliphatic heterocycles. The third-order valence-electron chi connectivity index (χ3n) is 5.60. The molecule has 2 aromatic carbocycles. The highest BCUT2D eigenvalue weighted by Crippen LogP contribution is 2.30. The summed E-state index contributed by atoms with van der Waals surface area (Å²) in [6.07, 6.45) is -2.70. The maximum atomic E-state index is 12.8. The van der Waals surface area contributed by atoms with E-state index in [-0.39, 0.29) is 29.8 Å². The summed E-state index contributed by atoms with van der Waals surface area (Å²) in [5.41, 5.74) is 1.46. The Morgan fingerprint density at radius 3 is 2.09 bits per heavy atom. The van der Waals surface area contributed by atoms with Gasteiger partial charge >= 0.3 is 6.09 Å². The number of hydrogen-bond donors (Lipinski definition) is 3. The lowest BCUT2D eigenvalue weighted by Crippen LogP contribution is -2.44. The molecule has 0 aromatic heterocycles. The van der Waals surface area contributed by atoms with Crippen molar-refractivity contribution in [3.63, 3.8) is 0 Å². The quantitative estimate of drug-likeness (QED) is 0.485. The molecule has 2 heterocycles. The highest BCUT2D eigenvalue weighted by atomic mass is 32.2. The molecule has 4 atom stereocenters. The first kappa shape index (κ1) is 24.8. The van der Waals surface area contributed by atoms with Gasteiger partial charge in [0.25, 0.3) is 0 Å². The van der Waals surface area contributed by atoms with E-state index in [1.165, 1.54) is 38.1 Å². The monoisotopic (exact) mass is 503 g/mol. The Bertz CT molecular complexity index is 1210. The maximum absolute atomic E-state index is 12.8. The SMILES string of the molecule is CC(=O)Nc1ccc(S(=O)(=O)NC2COC3C(OC(=O)Nc4ccc(C(C)=O)cc4)COC23)cc1. The highest BCUT2D eigenvalue weighted by Gasteiger charge is 2.50. The molecule has 2 aromatic rings. The van der Waals surface area contributed by atoms with Gasteiger partial charge in [-0.3, -0.25) is 14.9 Å². The molecule has 0 bridgehead atoms. The summed E-state index contributed by atoms with van der Waals surface area (Å²) >= 11 is 0. The number of ketones is 1. The van der Waals surface area contributed by atoms with E-state index in [9.17, 15) is 22.8 Å². The van der Waals surface area contributed by atoms with Crippen molar-refractivity contribution in [2.45, 2.75) is 43.1 Å². The molecule has 2 aliphatic rings. The van der Waals surface area contributed by atoms with Gasteiger partial charge in [-0.05, 0) is 55.5 Å². The molecule has 0 radical (unpaired) electrons. The molecule has 3 N–H and O–H groups in total. The number of fused-ring (bicyclic) bond motifs is 1. The zero-order valence-corrected chi connectivity index (χ0v) is 19.8. The number of ether oxygens (including phenoxy) is 3. The van der Waals surface area contributed by atoms with Crippen LogP contribution < -0.4 is 15.4 Å². The topological polar surface area (TPSA) is 149 Å². The van der Waals surface area contributed by atoms with Crippen molar-refractivity contribution < 1.29 is 37.0 Å². The lowest BCUT2D eigenvalue weighted by Gasteiger charge is -2.18. The van der Waals surface area contributed by atoms with E-state index in [2.05, 4.69) is 15.4 Å². The van der Waals surface area contributed by atoms with Crippen molar-refractivity contribution in [3.8, 4) is 0 Å². The van der Waals surface area contributed by atoms with Gasteiger partial charge in [0.2, 0.25) is 15.9 Å². The second-order valence-electron chi connectivity index (χ2n) is 8.23. The largest absolute Gasteiger partial charge is 0.441 e. The average Bonchev–Trinajstić information content (AvgIpc) is 3.37. The molecule has 0 aliphatic carbocycles. The van der Waals surface area contributed by atoms with E-state index in [0.717, 1.165) is 0 Å². The third kappa shape index (κ3) is 5.85. The fraction of sp³-hybridized carbons (Fsp3) is 0.348. The first-order chi connectivity index (χ1) is 16.6. The molecule has 2 saturated heterocycles. The first-order valence-corrected chi connectivity index (χ1v) is 12.3. The molecular formula is C23H25N3O8S. The van der Waals surface area contributed by atoms with Crippen LogP contribution in [-0.2, 0) is 29.0 Å². The summed E-state index contributed by atoms with van der Waals surface area (Å²) in [7, 11) is -3.89. The van der Waals surface area contributed by atoms with Crippen molar-refractivity contribution in [1.82, 2.24) is 4.72 Å². The van der Waals surface area contributed by atoms with Gasteiger partial charge in [0.05, 0.1) is 24.2 Å². The molecule has 2 amide bonds. The summed E-state index contributed by atoms with van der Waals surface area (Å²) in [5, 5.41) is 5.16.